The zero-order valence-electron chi connectivity index (χ0n) is 17.3. The van der Waals surface area contributed by atoms with Crippen LogP contribution in [-0.4, -0.2) is 28.1 Å². The van der Waals surface area contributed by atoms with Gasteiger partial charge in [-0.05, 0) is 35.4 Å². The first-order chi connectivity index (χ1) is 16.2. The molecule has 1 aromatic heterocycles. The van der Waals surface area contributed by atoms with Crippen LogP contribution < -0.4 is 14.8 Å². The largest absolute Gasteiger partial charge is 0.612 e. The maximum Gasteiger partial charge on any atom is 0.573 e. The summed E-state index contributed by atoms with van der Waals surface area (Å²) in [6.07, 6.45) is -7.84. The Bertz CT molecular complexity index is 1240. The molecular weight excluding hydrogens is 526 g/mol. The molecule has 3 aromatic rings. The molecule has 0 saturated heterocycles. The van der Waals surface area contributed by atoms with Crippen LogP contribution in [0.4, 0.5) is 32.0 Å². The fraction of sp³-hybridized carbons (Fsp3) is 0.143. The minimum absolute atomic E-state index is 0.195. The van der Waals surface area contributed by atoms with E-state index < -0.39 is 57.4 Å². The third kappa shape index (κ3) is 7.16. The molecule has 1 unspecified atom stereocenters. The van der Waals surface area contributed by atoms with Crippen LogP contribution >= 0.6 is 11.6 Å². The second-order valence-corrected chi connectivity index (χ2v) is 8.53. The maximum atomic E-state index is 13.2. The van der Waals surface area contributed by atoms with Crippen LogP contribution in [0.25, 0.3) is 0 Å². The lowest BCUT2D eigenvalue weighted by Crippen LogP contribution is -2.17. The van der Waals surface area contributed by atoms with Crippen LogP contribution in [0.15, 0.2) is 59.6 Å². The SMILES string of the molecule is C[S+]([O-])c1cccc(NC(=O)c2cnc(C(F)(F)F)cc2Oc2ccc(OC(F)(F)F)cc2Cl)c1. The van der Waals surface area contributed by atoms with E-state index in [4.69, 9.17) is 16.3 Å². The number of pyridine rings is 1. The Kier molecular flexibility index (Phi) is 7.72. The average molecular weight is 539 g/mol. The van der Waals surface area contributed by atoms with E-state index in [0.29, 0.717) is 17.2 Å². The first kappa shape index (κ1) is 26.4. The Balaban J connectivity index is 1.95. The van der Waals surface area contributed by atoms with Crippen LogP contribution in [-0.2, 0) is 17.4 Å². The number of amides is 1. The highest BCUT2D eigenvalue weighted by atomic mass is 35.5. The van der Waals surface area contributed by atoms with Crippen molar-refractivity contribution in [1.29, 1.82) is 0 Å². The van der Waals surface area contributed by atoms with Crippen molar-refractivity contribution in [3.63, 3.8) is 0 Å². The molecule has 35 heavy (non-hydrogen) atoms. The van der Waals surface area contributed by atoms with Gasteiger partial charge in [0.1, 0.15) is 34.8 Å². The number of carbonyl (C=O) groups excluding carboxylic acids is 1. The molecular formula is C21H13ClF6N2O4S. The molecule has 2 aromatic carbocycles. The molecule has 0 spiro atoms. The van der Waals surface area contributed by atoms with Gasteiger partial charge in [0.2, 0.25) is 0 Å². The number of ether oxygens (including phenoxy) is 2. The molecule has 14 heteroatoms. The van der Waals surface area contributed by atoms with Gasteiger partial charge in [-0.25, -0.2) is 0 Å². The summed E-state index contributed by atoms with van der Waals surface area (Å²) in [6.45, 7) is 0. The third-order valence-corrected chi connectivity index (χ3v) is 5.39. The minimum atomic E-state index is -4.99. The van der Waals surface area contributed by atoms with Gasteiger partial charge in [-0.3, -0.25) is 9.78 Å². The molecule has 0 aliphatic heterocycles. The maximum absolute atomic E-state index is 13.2. The second kappa shape index (κ2) is 10.2. The van der Waals surface area contributed by atoms with Gasteiger partial charge in [0.25, 0.3) is 5.91 Å². The average Bonchev–Trinajstić information content (AvgIpc) is 2.74. The van der Waals surface area contributed by atoms with Crippen LogP contribution in [0.3, 0.4) is 0 Å². The van der Waals surface area contributed by atoms with Crippen LogP contribution in [0.2, 0.25) is 5.02 Å². The second-order valence-electron chi connectivity index (χ2n) is 6.74. The number of halogens is 7. The van der Waals surface area contributed by atoms with Crippen LogP contribution in [0, 0.1) is 0 Å². The molecule has 0 radical (unpaired) electrons. The normalized spacial score (nSPS) is 12.7. The van der Waals surface area contributed by atoms with E-state index >= 15 is 0 Å². The third-order valence-electron chi connectivity index (χ3n) is 4.18. The molecule has 1 atom stereocenters. The van der Waals surface area contributed by atoms with Crippen molar-refractivity contribution in [3.8, 4) is 17.2 Å². The van der Waals surface area contributed by atoms with Gasteiger partial charge >= 0.3 is 12.5 Å². The van der Waals surface area contributed by atoms with Crippen molar-refractivity contribution >= 4 is 34.4 Å². The van der Waals surface area contributed by atoms with Gasteiger partial charge < -0.3 is 19.3 Å². The number of rotatable bonds is 6. The van der Waals surface area contributed by atoms with Crippen molar-refractivity contribution in [3.05, 3.63) is 71.0 Å². The van der Waals surface area contributed by atoms with Gasteiger partial charge in [-0.2, -0.15) is 13.2 Å². The lowest BCUT2D eigenvalue weighted by atomic mass is 10.2. The lowest BCUT2D eigenvalue weighted by molar-refractivity contribution is -0.274. The highest BCUT2D eigenvalue weighted by molar-refractivity contribution is 7.90. The predicted molar refractivity (Wildman–Crippen MR) is 114 cm³/mol. The predicted octanol–water partition coefficient (Wildman–Crippen LogP) is 6.43. The summed E-state index contributed by atoms with van der Waals surface area (Å²) in [7, 11) is 0. The summed E-state index contributed by atoms with van der Waals surface area (Å²) in [5.74, 6) is -2.58. The van der Waals surface area contributed by atoms with E-state index in [1.54, 1.807) is 6.07 Å². The summed E-state index contributed by atoms with van der Waals surface area (Å²) in [5.41, 5.74) is -1.63. The Morgan fingerprint density at radius 3 is 2.37 bits per heavy atom. The van der Waals surface area contributed by atoms with E-state index in [2.05, 4.69) is 15.0 Å². The van der Waals surface area contributed by atoms with E-state index in [-0.39, 0.29) is 11.4 Å². The Hall–Kier alpha value is -3.16. The topological polar surface area (TPSA) is 83.5 Å². The Morgan fingerprint density at radius 2 is 1.77 bits per heavy atom. The van der Waals surface area contributed by atoms with Crippen molar-refractivity contribution in [2.24, 2.45) is 0 Å². The quantitative estimate of drug-likeness (QED) is 0.289. The van der Waals surface area contributed by atoms with Crippen LogP contribution in [0.1, 0.15) is 16.1 Å². The number of carbonyl (C=O) groups is 1. The number of alkyl halides is 6. The summed E-state index contributed by atoms with van der Waals surface area (Å²) in [4.78, 5) is 16.4. The van der Waals surface area contributed by atoms with E-state index in [0.717, 1.165) is 18.2 Å². The van der Waals surface area contributed by atoms with Gasteiger partial charge in [0, 0.05) is 30.1 Å². The fourth-order valence-corrected chi connectivity index (χ4v) is 3.45. The number of hydrogen-bond acceptors (Lipinski definition) is 5. The highest BCUT2D eigenvalue weighted by Gasteiger charge is 2.34. The smallest absolute Gasteiger partial charge is 0.573 e. The first-order valence-corrected chi connectivity index (χ1v) is 11.2. The number of nitrogens with zero attached hydrogens (tertiary/aromatic N) is 1. The monoisotopic (exact) mass is 538 g/mol. The molecule has 0 fully saturated rings. The minimum Gasteiger partial charge on any atom is -0.612 e. The zero-order chi connectivity index (χ0) is 26.0. The highest BCUT2D eigenvalue weighted by Crippen LogP contribution is 2.38. The number of anilines is 1. The Morgan fingerprint density at radius 1 is 1.06 bits per heavy atom. The van der Waals surface area contributed by atoms with Crippen molar-refractivity contribution in [2.45, 2.75) is 17.4 Å². The molecule has 0 aliphatic carbocycles. The molecule has 6 nitrogen and oxygen atoms in total. The van der Waals surface area contributed by atoms with Gasteiger partial charge in [0.15, 0.2) is 4.90 Å². The van der Waals surface area contributed by atoms with Gasteiger partial charge in [-0.15, -0.1) is 13.2 Å². The molecule has 1 heterocycles. The van der Waals surface area contributed by atoms with E-state index in [1.807, 2.05) is 0 Å². The molecule has 1 amide bonds. The van der Waals surface area contributed by atoms with Gasteiger partial charge in [-0.1, -0.05) is 17.7 Å². The molecule has 186 valence electrons. The number of hydrogen-bond donors (Lipinski definition) is 1. The lowest BCUT2D eigenvalue weighted by Gasteiger charge is -2.15. The summed E-state index contributed by atoms with van der Waals surface area (Å²) < 4.78 is 97.5. The van der Waals surface area contributed by atoms with E-state index in [1.165, 1.54) is 24.5 Å². The van der Waals surface area contributed by atoms with Crippen LogP contribution in [0.5, 0.6) is 17.2 Å². The molecule has 0 saturated carbocycles. The standard InChI is InChI=1S/C21H13ClF6N2O4S/c1-35(32)13-4-2-3-11(7-13)30-19(31)14-10-29-18(20(23,24)25)9-17(14)33-16-6-5-12(8-15(16)22)34-21(26,27)28/h2-10H,1H3,(H,30,31). The fourth-order valence-electron chi connectivity index (χ4n) is 2.68. The van der Waals surface area contributed by atoms with E-state index in [9.17, 15) is 35.7 Å². The first-order valence-electron chi connectivity index (χ1n) is 9.28. The summed E-state index contributed by atoms with van der Waals surface area (Å²) in [6, 6.07) is 8.88. The molecule has 3 rings (SSSR count). The number of benzene rings is 2. The number of nitrogens with one attached hydrogen (secondary N) is 1. The zero-order valence-corrected chi connectivity index (χ0v) is 18.9. The van der Waals surface area contributed by atoms with Crippen molar-refractivity contribution in [2.75, 3.05) is 11.6 Å². The van der Waals surface area contributed by atoms with Crippen molar-refractivity contribution in [1.82, 2.24) is 4.98 Å². The summed E-state index contributed by atoms with van der Waals surface area (Å²) >= 11 is 4.54. The molecule has 0 bridgehead atoms. The summed E-state index contributed by atoms with van der Waals surface area (Å²) in [5, 5.41) is 2.01. The molecule has 1 N–H and O–H groups in total. The Labute approximate surface area is 202 Å². The van der Waals surface area contributed by atoms with Gasteiger partial charge in [0.05, 0.1) is 5.02 Å². The molecule has 0 aliphatic rings. The number of aromatic nitrogens is 1. The van der Waals surface area contributed by atoms with Crippen molar-refractivity contribution < 1.29 is 45.2 Å².